The first-order valence-corrected chi connectivity index (χ1v) is 7.28. The van der Waals surface area contributed by atoms with Gasteiger partial charge < -0.3 is 9.88 Å². The van der Waals surface area contributed by atoms with Gasteiger partial charge in [0.15, 0.2) is 0 Å². The van der Waals surface area contributed by atoms with E-state index in [-0.39, 0.29) is 0 Å². The maximum Gasteiger partial charge on any atom is 0.134 e. The minimum absolute atomic E-state index is 0.453. The van der Waals surface area contributed by atoms with Gasteiger partial charge >= 0.3 is 0 Å². The van der Waals surface area contributed by atoms with E-state index in [4.69, 9.17) is 11.6 Å². The third-order valence-corrected chi connectivity index (χ3v) is 3.93. The molecule has 21 heavy (non-hydrogen) atoms. The maximum atomic E-state index is 5.85. The molecule has 2 heterocycles. The van der Waals surface area contributed by atoms with Crippen LogP contribution in [0, 0.1) is 6.92 Å². The minimum atomic E-state index is 0.453. The largest absolute Gasteiger partial charge is 0.370 e. The van der Waals surface area contributed by atoms with E-state index >= 15 is 0 Å². The lowest BCUT2D eigenvalue weighted by Crippen LogP contribution is -2.07. The molecule has 0 radical (unpaired) electrons. The maximum absolute atomic E-state index is 5.85. The number of hydrogen-bond acceptors (Lipinski definition) is 3. The fourth-order valence-electron chi connectivity index (χ4n) is 2.60. The number of rotatable bonds is 4. The standard InChI is InChI=1S/C16H17ClN4/c1-11-3-4-14-13(6-8-21(14)2)12(11)5-7-18-16-9-15(17)19-10-20-16/h3-4,6,8-10H,5,7H2,1-2H3,(H,18,19,20). The SMILES string of the molecule is Cc1ccc2c(ccn2C)c1CCNc1cc(Cl)ncn1. The number of anilines is 1. The minimum Gasteiger partial charge on any atom is -0.370 e. The zero-order valence-electron chi connectivity index (χ0n) is 12.1. The predicted molar refractivity (Wildman–Crippen MR) is 86.9 cm³/mol. The summed E-state index contributed by atoms with van der Waals surface area (Å²) in [5.41, 5.74) is 3.96. The van der Waals surface area contributed by atoms with Gasteiger partial charge in [0.25, 0.3) is 0 Å². The molecule has 0 fully saturated rings. The van der Waals surface area contributed by atoms with Crippen LogP contribution in [0.15, 0.2) is 36.8 Å². The molecule has 0 saturated carbocycles. The van der Waals surface area contributed by atoms with Crippen LogP contribution in [0.25, 0.3) is 10.9 Å². The number of halogens is 1. The Bertz CT molecular complexity index is 779. The first kappa shape index (κ1) is 13.9. The Morgan fingerprint density at radius 3 is 2.90 bits per heavy atom. The quantitative estimate of drug-likeness (QED) is 0.749. The van der Waals surface area contributed by atoms with Gasteiger partial charge in [-0.3, -0.25) is 0 Å². The number of hydrogen-bond donors (Lipinski definition) is 1. The highest BCUT2D eigenvalue weighted by Gasteiger charge is 2.07. The number of nitrogens with zero attached hydrogens (tertiary/aromatic N) is 3. The average molecular weight is 301 g/mol. The summed E-state index contributed by atoms with van der Waals surface area (Å²) in [6, 6.07) is 8.27. The first-order valence-electron chi connectivity index (χ1n) is 6.90. The second kappa shape index (κ2) is 5.74. The molecule has 0 aliphatic heterocycles. The number of aromatic nitrogens is 3. The molecule has 2 aromatic heterocycles. The van der Waals surface area contributed by atoms with Gasteiger partial charge in [0.1, 0.15) is 17.3 Å². The monoisotopic (exact) mass is 300 g/mol. The summed E-state index contributed by atoms with van der Waals surface area (Å²) < 4.78 is 2.15. The summed E-state index contributed by atoms with van der Waals surface area (Å²) in [6.07, 6.45) is 4.51. The average Bonchev–Trinajstić information content (AvgIpc) is 2.83. The van der Waals surface area contributed by atoms with Gasteiger partial charge in [-0.2, -0.15) is 0 Å². The molecule has 1 aromatic carbocycles. The molecular formula is C16H17ClN4. The van der Waals surface area contributed by atoms with E-state index in [0.29, 0.717) is 5.15 Å². The molecule has 0 aliphatic rings. The van der Waals surface area contributed by atoms with Gasteiger partial charge in [-0.15, -0.1) is 0 Å². The summed E-state index contributed by atoms with van der Waals surface area (Å²) in [5, 5.41) is 5.06. The van der Waals surface area contributed by atoms with Crippen LogP contribution < -0.4 is 5.32 Å². The van der Waals surface area contributed by atoms with E-state index in [9.17, 15) is 0 Å². The van der Waals surface area contributed by atoms with Crippen LogP contribution in [0.3, 0.4) is 0 Å². The molecule has 0 bridgehead atoms. The van der Waals surface area contributed by atoms with Crippen molar-refractivity contribution in [3.63, 3.8) is 0 Å². The Labute approximate surface area is 128 Å². The van der Waals surface area contributed by atoms with Crippen molar-refractivity contribution in [3.8, 4) is 0 Å². The van der Waals surface area contributed by atoms with Gasteiger partial charge in [0.2, 0.25) is 0 Å². The highest BCUT2D eigenvalue weighted by Crippen LogP contribution is 2.23. The van der Waals surface area contributed by atoms with Gasteiger partial charge in [0, 0.05) is 36.8 Å². The van der Waals surface area contributed by atoms with Crippen molar-refractivity contribution in [3.05, 3.63) is 53.1 Å². The molecule has 1 N–H and O–H groups in total. The van der Waals surface area contributed by atoms with Crippen LogP contribution in [-0.2, 0) is 13.5 Å². The Balaban J connectivity index is 1.77. The molecule has 3 rings (SSSR count). The van der Waals surface area contributed by atoms with Crippen molar-refractivity contribution in [1.29, 1.82) is 0 Å². The second-order valence-corrected chi connectivity index (χ2v) is 5.51. The molecule has 0 saturated heterocycles. The Kier molecular flexibility index (Phi) is 3.80. The topological polar surface area (TPSA) is 42.7 Å². The van der Waals surface area contributed by atoms with Crippen LogP contribution in [0.1, 0.15) is 11.1 Å². The molecule has 3 aromatic rings. The predicted octanol–water partition coefficient (Wildman–Crippen LogP) is 3.58. The van der Waals surface area contributed by atoms with E-state index in [0.717, 1.165) is 18.8 Å². The fourth-order valence-corrected chi connectivity index (χ4v) is 2.75. The van der Waals surface area contributed by atoms with Gasteiger partial charge in [-0.25, -0.2) is 9.97 Å². The molecule has 5 heteroatoms. The summed E-state index contributed by atoms with van der Waals surface area (Å²) in [4.78, 5) is 8.02. The number of aryl methyl sites for hydroxylation is 2. The second-order valence-electron chi connectivity index (χ2n) is 5.12. The lowest BCUT2D eigenvalue weighted by molar-refractivity contribution is 0.965. The Morgan fingerprint density at radius 2 is 2.10 bits per heavy atom. The Morgan fingerprint density at radius 1 is 1.24 bits per heavy atom. The van der Waals surface area contributed by atoms with Gasteiger partial charge in [0.05, 0.1) is 0 Å². The summed E-state index contributed by atoms with van der Waals surface area (Å²) in [7, 11) is 2.07. The van der Waals surface area contributed by atoms with Crippen molar-refractivity contribution in [2.24, 2.45) is 7.05 Å². The molecule has 108 valence electrons. The lowest BCUT2D eigenvalue weighted by Gasteiger charge is -2.10. The zero-order valence-corrected chi connectivity index (χ0v) is 12.9. The van der Waals surface area contributed by atoms with Crippen LogP contribution in [0.4, 0.5) is 5.82 Å². The molecule has 4 nitrogen and oxygen atoms in total. The van der Waals surface area contributed by atoms with E-state index in [1.807, 2.05) is 0 Å². The number of fused-ring (bicyclic) bond motifs is 1. The number of benzene rings is 1. The molecule has 0 aliphatic carbocycles. The molecule has 0 unspecified atom stereocenters. The number of nitrogens with one attached hydrogen (secondary N) is 1. The van der Waals surface area contributed by atoms with Crippen molar-refractivity contribution in [2.45, 2.75) is 13.3 Å². The fraction of sp³-hybridized carbons (Fsp3) is 0.250. The van der Waals surface area contributed by atoms with E-state index in [1.54, 1.807) is 6.07 Å². The summed E-state index contributed by atoms with van der Waals surface area (Å²) in [5.74, 6) is 0.757. The van der Waals surface area contributed by atoms with Crippen molar-refractivity contribution >= 4 is 28.3 Å². The zero-order chi connectivity index (χ0) is 14.8. The molecular weight excluding hydrogens is 284 g/mol. The van der Waals surface area contributed by atoms with Crippen molar-refractivity contribution in [2.75, 3.05) is 11.9 Å². The van der Waals surface area contributed by atoms with Crippen molar-refractivity contribution < 1.29 is 0 Å². The highest BCUT2D eigenvalue weighted by atomic mass is 35.5. The molecule has 0 atom stereocenters. The normalized spacial score (nSPS) is 11.0. The van der Waals surface area contributed by atoms with Crippen molar-refractivity contribution in [1.82, 2.24) is 14.5 Å². The lowest BCUT2D eigenvalue weighted by atomic mass is 10.0. The van der Waals surface area contributed by atoms with E-state index in [2.05, 4.69) is 58.2 Å². The van der Waals surface area contributed by atoms with Crippen LogP contribution in [0.2, 0.25) is 5.15 Å². The molecule has 0 amide bonds. The third-order valence-electron chi connectivity index (χ3n) is 3.73. The highest BCUT2D eigenvalue weighted by molar-refractivity contribution is 6.29. The van der Waals surface area contributed by atoms with Crippen LogP contribution in [0.5, 0.6) is 0 Å². The smallest absolute Gasteiger partial charge is 0.134 e. The third kappa shape index (κ3) is 2.85. The molecule has 0 spiro atoms. The van der Waals surface area contributed by atoms with Crippen LogP contribution in [-0.4, -0.2) is 21.1 Å². The van der Waals surface area contributed by atoms with E-state index in [1.165, 1.54) is 28.4 Å². The van der Waals surface area contributed by atoms with Gasteiger partial charge in [-0.05, 0) is 36.6 Å². The van der Waals surface area contributed by atoms with Gasteiger partial charge in [-0.1, -0.05) is 17.7 Å². The first-order chi connectivity index (χ1) is 10.1. The summed E-state index contributed by atoms with van der Waals surface area (Å²) in [6.45, 7) is 2.96. The summed E-state index contributed by atoms with van der Waals surface area (Å²) >= 11 is 5.85. The Hall–Kier alpha value is -2.07. The van der Waals surface area contributed by atoms with E-state index < -0.39 is 0 Å². The van der Waals surface area contributed by atoms with Crippen LogP contribution >= 0.6 is 11.6 Å².